The van der Waals surface area contributed by atoms with Gasteiger partial charge in [-0.2, -0.15) is 0 Å². The quantitative estimate of drug-likeness (QED) is 0.00648. The van der Waals surface area contributed by atoms with Crippen LogP contribution < -0.4 is 37.6 Å². The number of nitrogens with one attached hydrogen (secondary N) is 6. The number of unbranched alkanes of at least 4 members (excludes halogenated alkanes) is 3. The van der Waals surface area contributed by atoms with Crippen molar-refractivity contribution in [2.24, 2.45) is 41.2 Å². The van der Waals surface area contributed by atoms with Gasteiger partial charge < -0.3 is 72.1 Å². The highest BCUT2D eigenvalue weighted by Crippen LogP contribution is 2.35. The first-order valence-electron chi connectivity index (χ1n) is 40.7. The predicted octanol–water partition coefficient (Wildman–Crippen LogP) is 8.93. The van der Waals surface area contributed by atoms with Crippen molar-refractivity contribution in [3.05, 3.63) is 118 Å². The number of alkyl carbamates (subject to hydrolysis) is 1. The minimum Gasteiger partial charge on any atom is -0.508 e. The Kier molecular flexibility index (Phi) is 45.0. The largest absolute Gasteiger partial charge is 0.508 e. The van der Waals surface area contributed by atoms with Gasteiger partial charge in [0.1, 0.15) is 29.1 Å². The van der Waals surface area contributed by atoms with E-state index in [9.17, 15) is 77.6 Å². The van der Waals surface area contributed by atoms with Crippen molar-refractivity contribution in [1.29, 1.82) is 0 Å². The van der Waals surface area contributed by atoms with E-state index in [2.05, 4.69) is 36.9 Å². The molecule has 1 unspecified atom stereocenters. The molecule has 5 rings (SSSR count). The summed E-state index contributed by atoms with van der Waals surface area (Å²) < 4.78 is 16.9. The highest BCUT2D eigenvalue weighted by Gasteiger charge is 2.41. The molecule has 30 nitrogen and oxygen atoms in total. The van der Waals surface area contributed by atoms with Crippen molar-refractivity contribution >= 4 is 116 Å². The number of likely N-dealkylation sites (tertiary alicyclic amines) is 1. The number of rotatable bonds is 57. The summed E-state index contributed by atoms with van der Waals surface area (Å²) in [5.74, 6) is -13.4. The monoisotopic (exact) mass is 1700 g/mol. The maximum Gasteiger partial charge on any atom is 0.407 e. The van der Waals surface area contributed by atoms with E-state index in [0.717, 1.165) is 89.2 Å². The molecule has 0 radical (unpaired) electrons. The summed E-state index contributed by atoms with van der Waals surface area (Å²) in [6.07, 6.45) is 3.83. The van der Waals surface area contributed by atoms with Crippen LogP contribution in [0.4, 0.5) is 4.79 Å². The van der Waals surface area contributed by atoms with E-state index >= 15 is 4.79 Å². The Balaban J connectivity index is 1.14. The Labute approximate surface area is 704 Å². The fraction of sp³-hybridized carbons (Fsp3) is 0.588. The first-order valence-corrected chi connectivity index (χ1v) is 44.1. The van der Waals surface area contributed by atoms with Gasteiger partial charge in [-0.05, 0) is 126 Å². The normalized spacial score (nSPS) is 15.6. The fourth-order valence-electron chi connectivity index (χ4n) is 13.8. The molecule has 0 aliphatic carbocycles. The number of carbonyl (C=O) groups excluding carboxylic acids is 12. The molecular weight excluding hydrogens is 1580 g/mol. The van der Waals surface area contributed by atoms with Gasteiger partial charge >= 0.3 is 30.0 Å². The maximum absolute atomic E-state index is 15.1. The molecule has 1 aliphatic rings. The average Bonchev–Trinajstić information content (AvgIpc) is 1.22. The number of aromatic hydroxyl groups is 1. The van der Waals surface area contributed by atoms with Gasteiger partial charge in [-0.15, -0.1) is 11.3 Å². The van der Waals surface area contributed by atoms with E-state index in [-0.39, 0.29) is 128 Å². The number of carboxylic acids is 2. The van der Waals surface area contributed by atoms with E-state index in [0.29, 0.717) is 31.2 Å². The number of thiazole rings is 1. The van der Waals surface area contributed by atoms with E-state index in [1.807, 2.05) is 83.9 Å². The number of aromatic nitrogens is 1. The predicted molar refractivity (Wildman–Crippen MR) is 450 cm³/mol. The maximum atomic E-state index is 15.1. The third-order valence-electron chi connectivity index (χ3n) is 20.8. The zero-order valence-corrected chi connectivity index (χ0v) is 71.8. The second-order valence-corrected chi connectivity index (χ2v) is 34.2. The van der Waals surface area contributed by atoms with Gasteiger partial charge in [0, 0.05) is 98.7 Å². The summed E-state index contributed by atoms with van der Waals surface area (Å²) in [6, 6.07) is 18.3. The van der Waals surface area contributed by atoms with Crippen molar-refractivity contribution in [3.63, 3.8) is 0 Å². The highest BCUT2D eigenvalue weighted by atomic mass is 33.1. The number of hydrogen-bond acceptors (Lipinski definition) is 25. The molecular formula is C85H122N10O20S3. The Morgan fingerprint density at radius 3 is 1.98 bits per heavy atom. The molecule has 2 heterocycles. The van der Waals surface area contributed by atoms with Crippen molar-refractivity contribution in [3.8, 4) is 5.75 Å². The van der Waals surface area contributed by atoms with Crippen LogP contribution in [0.2, 0.25) is 0 Å². The minimum absolute atomic E-state index is 0.000209. The van der Waals surface area contributed by atoms with Gasteiger partial charge in [-0.3, -0.25) is 67.2 Å². The third-order valence-corrected chi connectivity index (χ3v) is 24.2. The van der Waals surface area contributed by atoms with Crippen LogP contribution in [0.1, 0.15) is 196 Å². The molecule has 33 heteroatoms. The summed E-state index contributed by atoms with van der Waals surface area (Å²) >= 11 is 1.05. The smallest absolute Gasteiger partial charge is 0.407 e. The van der Waals surface area contributed by atoms with Crippen LogP contribution in [0.5, 0.6) is 5.75 Å². The van der Waals surface area contributed by atoms with Gasteiger partial charge in [0.05, 0.1) is 37.0 Å². The Morgan fingerprint density at radius 2 is 1.36 bits per heavy atom. The number of esters is 2. The molecule has 1 aromatic heterocycles. The zero-order chi connectivity index (χ0) is 86.8. The molecule has 3 aromatic carbocycles. The number of phenols is 1. The number of benzene rings is 3. The second-order valence-electron chi connectivity index (χ2n) is 30.7. The number of ether oxygens (including phenoxy) is 3. The van der Waals surface area contributed by atoms with E-state index in [1.54, 1.807) is 49.4 Å². The van der Waals surface area contributed by atoms with Crippen LogP contribution in [0.15, 0.2) is 90.3 Å². The number of piperidine rings is 1. The van der Waals surface area contributed by atoms with E-state index < -0.39 is 158 Å². The van der Waals surface area contributed by atoms with E-state index in [4.69, 9.17) is 19.9 Å². The molecule has 0 bridgehead atoms. The van der Waals surface area contributed by atoms with Crippen molar-refractivity contribution in [2.45, 2.75) is 219 Å². The van der Waals surface area contributed by atoms with Gasteiger partial charge in [-0.1, -0.05) is 162 Å². The van der Waals surface area contributed by atoms with Crippen LogP contribution in [-0.4, -0.2) is 214 Å². The van der Waals surface area contributed by atoms with Gasteiger partial charge in [0.25, 0.3) is 5.91 Å². The Bertz CT molecular complexity index is 3900. The molecule has 118 heavy (non-hydrogen) atoms. The topological polar surface area (TPSA) is 445 Å². The number of Topliss-reactive ketones (excluding diaryl/α,β-unsaturated/α-hetero) is 4. The lowest BCUT2D eigenvalue weighted by Gasteiger charge is -2.39. The van der Waals surface area contributed by atoms with Gasteiger partial charge in [0.15, 0.2) is 36.0 Å². The number of amides is 6. The molecule has 4 aromatic rings. The van der Waals surface area contributed by atoms with Crippen LogP contribution >= 0.6 is 32.9 Å². The zero-order valence-electron chi connectivity index (χ0n) is 69.4. The molecule has 6 amide bonds. The number of aliphatic carboxylic acids is 2. The number of nitrogens with zero attached hydrogens (tertiary/aromatic N) is 3. The lowest BCUT2D eigenvalue weighted by molar-refractivity contribution is -0.162. The number of ketones is 4. The molecule has 12 atom stereocenters. The van der Waals surface area contributed by atoms with Crippen molar-refractivity contribution < 1.29 is 96.7 Å². The standard InChI is InChI=1S/C85H122N10O20S3/c1-10-24-78(105)114-52-95(83(109)64(54(5)11-2)45-73(100)69-29-21-23-36-94(69)9)70(53(3)4)47-75(115-56(7)96)82-93-68(51-116-82)81(108)90-62(41-59-31-33-63(97)34-32-59)39-55(6)74(101)49-89-85(112)113-37-38-117-118-50-61(84(110)111)44-72(99)67(46-77(103)104)92-80(107)65(86)48-88-79(106)60(40-57-25-16-14-17-26-57)43-71(98)66(42-58-27-18-15-19-28-58)91-76(102)30-20-12-13-22-35-87-8/h14-19,25-28,31-34,51,53-55,60-62,64-67,69-70,75,87,97H,10-13,20-24,29-30,35-50,52,86H2,1-9H3,(H,88,106)(H,89,112)(H,90,108)(H,91,102)(H,92,107)(H,103,104)(H,110,111)/t54?,55-,60+,61-,62+,64-,65-,66-,67-,69+,70+,75-/m0/s1. The summed E-state index contributed by atoms with van der Waals surface area (Å²) in [6.45, 7) is 12.3. The number of hydrogen-bond donors (Lipinski definition) is 10. The van der Waals surface area contributed by atoms with E-state index in [1.165, 1.54) is 29.3 Å². The molecule has 11 N–H and O–H groups in total. The molecule has 1 saturated heterocycles. The minimum atomic E-state index is -1.72. The molecule has 1 fully saturated rings. The summed E-state index contributed by atoms with van der Waals surface area (Å²) in [7, 11) is 5.90. The lowest BCUT2D eigenvalue weighted by atomic mass is 9.82. The van der Waals surface area contributed by atoms with Gasteiger partial charge in [0.2, 0.25) is 23.6 Å². The van der Waals surface area contributed by atoms with Crippen LogP contribution in [0, 0.1) is 35.5 Å². The third kappa shape index (κ3) is 36.2. The Morgan fingerprint density at radius 1 is 0.703 bits per heavy atom. The first kappa shape index (κ1) is 99.4. The number of nitrogens with two attached hydrogens (primary N) is 1. The number of likely N-dealkylation sites (N-methyl/N-ethyl adjacent to an activating group) is 1. The molecule has 0 spiro atoms. The molecule has 1 aliphatic heterocycles. The van der Waals surface area contributed by atoms with Crippen molar-refractivity contribution in [2.75, 3.05) is 65.1 Å². The Hall–Kier alpha value is -9.15. The molecule has 0 saturated carbocycles. The number of carboxylic acid groups (broad SMARTS) is 2. The number of carbonyl (C=O) groups is 14. The van der Waals surface area contributed by atoms with Crippen LogP contribution in [0.25, 0.3) is 0 Å². The van der Waals surface area contributed by atoms with Crippen LogP contribution in [-0.2, 0) is 91.0 Å². The average molecular weight is 1700 g/mol. The highest BCUT2D eigenvalue weighted by molar-refractivity contribution is 8.76. The number of phenolic OH excluding ortho intramolecular Hbond substituents is 1. The summed E-state index contributed by atoms with van der Waals surface area (Å²) in [4.78, 5) is 197. The van der Waals surface area contributed by atoms with Crippen molar-refractivity contribution in [1.82, 2.24) is 46.7 Å². The molecule has 650 valence electrons. The van der Waals surface area contributed by atoms with Gasteiger partial charge in [-0.25, -0.2) is 9.78 Å². The fourth-order valence-corrected chi connectivity index (χ4v) is 16.8. The second kappa shape index (κ2) is 53.4. The lowest BCUT2D eigenvalue weighted by Crippen LogP contribution is -2.53. The first-order chi connectivity index (χ1) is 56.3. The SMILES string of the molecule is CCCC(=O)OCN(C(=O)[C@@H](CC(=O)[C@H]1CCCCN1C)C(C)CC)[C@H](C[C@H](OC(C)=O)c1nc(C(=O)N[C@@H](Cc2ccc(O)cc2)C[C@H](C)C(=O)CNC(=O)OCCSSC[C@H](CC(=O)[C@H](CC(=O)O)NC(=O)[C@@H](N)CNC(=O)[C@@H](CC(=O)[C@H](Cc2ccccc2)NC(=O)CCCCCCNC)Cc2ccccc2)C(=O)O)cs1)C(C)C. The summed E-state index contributed by atoms with van der Waals surface area (Å²) in [5.41, 5.74) is 8.39. The summed E-state index contributed by atoms with van der Waals surface area (Å²) in [5, 5.41) is 48.1. The van der Waals surface area contributed by atoms with Crippen LogP contribution in [0.3, 0.4) is 0 Å².